The highest BCUT2D eigenvalue weighted by molar-refractivity contribution is 5.32. The molecule has 0 aliphatic carbocycles. The molecule has 1 aromatic carbocycles. The first-order chi connectivity index (χ1) is 8.68. The number of likely N-dealkylation sites (tertiary alicyclic amines) is 1. The lowest BCUT2D eigenvalue weighted by molar-refractivity contribution is -0.0589. The summed E-state index contributed by atoms with van der Waals surface area (Å²) in [7, 11) is 4.02. The fourth-order valence-corrected chi connectivity index (χ4v) is 2.65. The minimum Gasteiger partial charge on any atom is -0.373 e. The van der Waals surface area contributed by atoms with E-state index in [0.29, 0.717) is 0 Å². The summed E-state index contributed by atoms with van der Waals surface area (Å²) in [6.07, 6.45) is 2.18. The Morgan fingerprint density at radius 3 is 2.17 bits per heavy atom. The summed E-state index contributed by atoms with van der Waals surface area (Å²) in [6, 6.07) is 8.59. The van der Waals surface area contributed by atoms with Gasteiger partial charge in [0, 0.05) is 20.2 Å². The molecule has 1 aliphatic heterocycles. The molecule has 0 aromatic heterocycles. The molecule has 1 saturated heterocycles. The third-order valence-electron chi connectivity index (χ3n) is 3.82. The van der Waals surface area contributed by atoms with E-state index in [2.05, 4.69) is 43.1 Å². The summed E-state index contributed by atoms with van der Waals surface area (Å²) in [5.74, 6) is 0. The zero-order valence-electron chi connectivity index (χ0n) is 12.5. The number of benzene rings is 1. The van der Waals surface area contributed by atoms with E-state index >= 15 is 0 Å². The molecule has 1 heterocycles. The second-order valence-corrected chi connectivity index (χ2v) is 4.82. The topological polar surface area (TPSA) is 12.5 Å². The maximum Gasteiger partial charge on any atom is 0.0954 e. The molecular weight excluding hydrogens is 222 g/mol. The molecule has 0 spiro atoms. The van der Waals surface area contributed by atoms with E-state index in [0.717, 1.165) is 25.9 Å². The van der Waals surface area contributed by atoms with Gasteiger partial charge in [0.15, 0.2) is 0 Å². The van der Waals surface area contributed by atoms with Gasteiger partial charge in [0.05, 0.1) is 5.60 Å². The van der Waals surface area contributed by atoms with E-state index in [4.69, 9.17) is 4.74 Å². The van der Waals surface area contributed by atoms with Crippen molar-refractivity contribution in [1.29, 1.82) is 0 Å². The zero-order valence-corrected chi connectivity index (χ0v) is 12.5. The van der Waals surface area contributed by atoms with Crippen LogP contribution in [0.25, 0.3) is 0 Å². The predicted octanol–water partition coefficient (Wildman–Crippen LogP) is 3.59. The molecular formula is C16H27NO. The summed E-state index contributed by atoms with van der Waals surface area (Å²) in [5, 5.41) is 0. The summed E-state index contributed by atoms with van der Waals surface area (Å²) < 4.78 is 5.87. The molecule has 0 unspecified atom stereocenters. The van der Waals surface area contributed by atoms with Crippen LogP contribution in [0, 0.1) is 6.92 Å². The number of piperidine rings is 1. The van der Waals surface area contributed by atoms with Gasteiger partial charge in [-0.15, -0.1) is 0 Å². The Hall–Kier alpha value is -0.860. The number of nitrogens with zero attached hydrogens (tertiary/aromatic N) is 1. The number of rotatable bonds is 2. The van der Waals surface area contributed by atoms with Crippen LogP contribution in [0.5, 0.6) is 0 Å². The first-order valence-electron chi connectivity index (χ1n) is 6.98. The quantitative estimate of drug-likeness (QED) is 0.794. The van der Waals surface area contributed by atoms with E-state index in [9.17, 15) is 0 Å². The lowest BCUT2D eigenvalue weighted by Gasteiger charge is -2.40. The van der Waals surface area contributed by atoms with Gasteiger partial charge < -0.3 is 9.64 Å². The van der Waals surface area contributed by atoms with Crippen LogP contribution in [-0.2, 0) is 10.3 Å². The minimum atomic E-state index is -0.0577. The Balaban J connectivity index is 0.000000771. The average Bonchev–Trinajstić information content (AvgIpc) is 2.43. The largest absolute Gasteiger partial charge is 0.373 e. The Bertz CT molecular complexity index is 354. The Labute approximate surface area is 112 Å². The molecule has 2 nitrogen and oxygen atoms in total. The molecule has 2 heteroatoms. The smallest absolute Gasteiger partial charge is 0.0954 e. The molecule has 2 rings (SSSR count). The van der Waals surface area contributed by atoms with Gasteiger partial charge >= 0.3 is 0 Å². The molecule has 0 bridgehead atoms. The number of methoxy groups -OCH3 is 1. The lowest BCUT2D eigenvalue weighted by Crippen LogP contribution is -2.42. The molecule has 18 heavy (non-hydrogen) atoms. The highest BCUT2D eigenvalue weighted by atomic mass is 16.5. The van der Waals surface area contributed by atoms with Gasteiger partial charge in [0.1, 0.15) is 0 Å². The van der Waals surface area contributed by atoms with Crippen LogP contribution < -0.4 is 0 Å². The highest BCUT2D eigenvalue weighted by Gasteiger charge is 2.36. The van der Waals surface area contributed by atoms with Crippen molar-refractivity contribution in [2.45, 2.75) is 39.2 Å². The normalized spacial score (nSPS) is 18.9. The van der Waals surface area contributed by atoms with E-state index < -0.39 is 0 Å². The molecule has 1 aliphatic rings. The molecule has 1 aromatic rings. The molecule has 0 radical (unpaired) electrons. The predicted molar refractivity (Wildman–Crippen MR) is 77.9 cm³/mol. The van der Waals surface area contributed by atoms with Crippen LogP contribution in [0.3, 0.4) is 0 Å². The van der Waals surface area contributed by atoms with Crippen molar-refractivity contribution in [3.8, 4) is 0 Å². The van der Waals surface area contributed by atoms with E-state index in [1.54, 1.807) is 0 Å². The lowest BCUT2D eigenvalue weighted by atomic mass is 9.82. The van der Waals surface area contributed by atoms with Crippen molar-refractivity contribution in [3.63, 3.8) is 0 Å². The van der Waals surface area contributed by atoms with Crippen LogP contribution in [0.1, 0.15) is 37.8 Å². The number of ether oxygens (including phenoxy) is 1. The Morgan fingerprint density at radius 1 is 1.11 bits per heavy atom. The monoisotopic (exact) mass is 249 g/mol. The van der Waals surface area contributed by atoms with E-state index in [-0.39, 0.29) is 5.60 Å². The third kappa shape index (κ3) is 3.12. The first-order valence-corrected chi connectivity index (χ1v) is 6.98. The van der Waals surface area contributed by atoms with Crippen LogP contribution in [0.2, 0.25) is 0 Å². The van der Waals surface area contributed by atoms with E-state index in [1.165, 1.54) is 11.1 Å². The van der Waals surface area contributed by atoms with Gasteiger partial charge in [-0.1, -0.05) is 38.1 Å². The standard InChI is InChI=1S/C14H21NO.C2H6/c1-12-6-4-5-7-13(12)14(16-3)8-10-15(2)11-9-14;1-2/h4-7H,8-11H2,1-3H3;1-2H3. The highest BCUT2D eigenvalue weighted by Crippen LogP contribution is 2.37. The van der Waals surface area contributed by atoms with E-state index in [1.807, 2.05) is 21.0 Å². The minimum absolute atomic E-state index is 0.0577. The molecule has 0 N–H and O–H groups in total. The second kappa shape index (κ2) is 6.91. The average molecular weight is 249 g/mol. The van der Waals surface area contributed by atoms with Crippen molar-refractivity contribution in [1.82, 2.24) is 4.90 Å². The van der Waals surface area contributed by atoms with Crippen molar-refractivity contribution in [2.24, 2.45) is 0 Å². The number of hydrogen-bond donors (Lipinski definition) is 0. The van der Waals surface area contributed by atoms with Gasteiger partial charge in [-0.2, -0.15) is 0 Å². The van der Waals surface area contributed by atoms with Gasteiger partial charge in [-0.3, -0.25) is 0 Å². The Kier molecular flexibility index (Phi) is 5.83. The first kappa shape index (κ1) is 15.2. The third-order valence-corrected chi connectivity index (χ3v) is 3.82. The molecule has 1 fully saturated rings. The number of aryl methyl sites for hydroxylation is 1. The summed E-state index contributed by atoms with van der Waals surface area (Å²) >= 11 is 0. The van der Waals surface area contributed by atoms with Crippen LogP contribution in [-0.4, -0.2) is 32.1 Å². The van der Waals surface area contributed by atoms with Crippen LogP contribution in [0.15, 0.2) is 24.3 Å². The summed E-state index contributed by atoms with van der Waals surface area (Å²) in [4.78, 5) is 2.37. The maximum atomic E-state index is 5.87. The molecule has 0 atom stereocenters. The summed E-state index contributed by atoms with van der Waals surface area (Å²) in [5.41, 5.74) is 2.65. The van der Waals surface area contributed by atoms with Gasteiger partial charge in [0.25, 0.3) is 0 Å². The molecule has 102 valence electrons. The molecule has 0 saturated carbocycles. The summed E-state index contributed by atoms with van der Waals surface area (Å²) in [6.45, 7) is 8.40. The second-order valence-electron chi connectivity index (χ2n) is 4.82. The van der Waals surface area contributed by atoms with Crippen molar-refractivity contribution < 1.29 is 4.74 Å². The van der Waals surface area contributed by atoms with Crippen molar-refractivity contribution in [2.75, 3.05) is 27.2 Å². The van der Waals surface area contributed by atoms with Gasteiger partial charge in [-0.05, 0) is 37.9 Å². The van der Waals surface area contributed by atoms with Crippen LogP contribution in [0.4, 0.5) is 0 Å². The van der Waals surface area contributed by atoms with Gasteiger partial charge in [0.2, 0.25) is 0 Å². The molecule has 0 amide bonds. The van der Waals surface area contributed by atoms with Crippen LogP contribution >= 0.6 is 0 Å². The SMILES string of the molecule is CC.COC1(c2ccccc2C)CCN(C)CC1. The maximum absolute atomic E-state index is 5.87. The van der Waals surface area contributed by atoms with Crippen molar-refractivity contribution >= 4 is 0 Å². The fraction of sp³-hybridized carbons (Fsp3) is 0.625. The van der Waals surface area contributed by atoms with Crippen molar-refractivity contribution in [3.05, 3.63) is 35.4 Å². The number of hydrogen-bond acceptors (Lipinski definition) is 2. The Morgan fingerprint density at radius 2 is 1.67 bits per heavy atom. The fourth-order valence-electron chi connectivity index (χ4n) is 2.65. The van der Waals surface area contributed by atoms with Gasteiger partial charge in [-0.25, -0.2) is 0 Å². The zero-order chi connectivity index (χ0) is 13.6.